The Hall–Kier alpha value is -0.290. The van der Waals surface area contributed by atoms with Crippen molar-refractivity contribution in [1.82, 2.24) is 0 Å². The van der Waals surface area contributed by atoms with Crippen LogP contribution >= 0.6 is 23.2 Å². The van der Waals surface area contributed by atoms with Gasteiger partial charge in [0.2, 0.25) is 0 Å². The first-order valence-corrected chi connectivity index (χ1v) is 8.03. The second kappa shape index (κ2) is 5.78. The van der Waals surface area contributed by atoms with Crippen molar-refractivity contribution in [2.75, 3.05) is 5.75 Å². The topological polar surface area (TPSA) is 54.4 Å². The maximum atomic E-state index is 11.9. The molecule has 0 saturated carbocycles. The van der Waals surface area contributed by atoms with E-state index in [2.05, 4.69) is 0 Å². The standard InChI is InChI=1S/C12H16Cl2O3S/c1-12(2,15)5-6-18(16,17)8-9-3-4-10(13)11(14)7-9/h3-4,7,15H,5-6,8H2,1-2H3. The number of aliphatic hydroxyl groups is 1. The maximum Gasteiger partial charge on any atom is 0.154 e. The molecule has 0 unspecified atom stereocenters. The molecule has 102 valence electrons. The number of halogens is 2. The molecule has 0 radical (unpaired) electrons. The third-order valence-electron chi connectivity index (χ3n) is 2.40. The molecular weight excluding hydrogens is 295 g/mol. The number of sulfone groups is 1. The van der Waals surface area contributed by atoms with Gasteiger partial charge in [-0.2, -0.15) is 0 Å². The van der Waals surface area contributed by atoms with Crippen molar-refractivity contribution >= 4 is 33.0 Å². The molecule has 0 atom stereocenters. The van der Waals surface area contributed by atoms with Crippen LogP contribution in [-0.4, -0.2) is 24.9 Å². The molecule has 0 aliphatic rings. The van der Waals surface area contributed by atoms with Gasteiger partial charge in [-0.05, 0) is 38.0 Å². The molecule has 0 amide bonds. The first kappa shape index (κ1) is 15.8. The molecule has 1 N–H and O–H groups in total. The lowest BCUT2D eigenvalue weighted by Crippen LogP contribution is -2.23. The lowest BCUT2D eigenvalue weighted by Gasteiger charge is -2.16. The highest BCUT2D eigenvalue weighted by atomic mass is 35.5. The second-order valence-electron chi connectivity index (χ2n) is 4.90. The molecule has 0 saturated heterocycles. The fourth-order valence-electron chi connectivity index (χ4n) is 1.36. The van der Waals surface area contributed by atoms with Crippen LogP contribution in [0.1, 0.15) is 25.8 Å². The van der Waals surface area contributed by atoms with Crippen LogP contribution in [0.25, 0.3) is 0 Å². The molecule has 0 heterocycles. The van der Waals surface area contributed by atoms with E-state index >= 15 is 0 Å². The Morgan fingerprint density at radius 1 is 1.22 bits per heavy atom. The smallest absolute Gasteiger partial charge is 0.154 e. The van der Waals surface area contributed by atoms with Crippen LogP contribution in [0.4, 0.5) is 0 Å². The van der Waals surface area contributed by atoms with Gasteiger partial charge in [-0.1, -0.05) is 29.3 Å². The molecule has 0 aromatic heterocycles. The van der Waals surface area contributed by atoms with Gasteiger partial charge in [-0.25, -0.2) is 8.42 Å². The van der Waals surface area contributed by atoms with Crippen LogP contribution < -0.4 is 0 Å². The zero-order valence-corrected chi connectivity index (χ0v) is 12.6. The molecule has 1 aromatic carbocycles. The molecule has 0 spiro atoms. The molecule has 3 nitrogen and oxygen atoms in total. The molecule has 0 bridgehead atoms. The average molecular weight is 311 g/mol. The summed E-state index contributed by atoms with van der Waals surface area (Å²) in [4.78, 5) is 0. The minimum Gasteiger partial charge on any atom is -0.390 e. The van der Waals surface area contributed by atoms with Gasteiger partial charge in [0, 0.05) is 0 Å². The highest BCUT2D eigenvalue weighted by molar-refractivity contribution is 7.90. The van der Waals surface area contributed by atoms with Crippen LogP contribution in [0, 0.1) is 0 Å². The van der Waals surface area contributed by atoms with Crippen molar-refractivity contribution < 1.29 is 13.5 Å². The molecule has 1 aromatic rings. The lowest BCUT2D eigenvalue weighted by molar-refractivity contribution is 0.0772. The van der Waals surface area contributed by atoms with Crippen molar-refractivity contribution in [3.8, 4) is 0 Å². The Kier molecular flexibility index (Phi) is 5.06. The predicted molar refractivity (Wildman–Crippen MR) is 74.9 cm³/mol. The normalized spacial score (nSPS) is 12.7. The molecular formula is C12H16Cl2O3S. The van der Waals surface area contributed by atoms with Crippen LogP contribution in [0.3, 0.4) is 0 Å². The van der Waals surface area contributed by atoms with Gasteiger partial charge in [0.25, 0.3) is 0 Å². The first-order chi connectivity index (χ1) is 8.09. The van der Waals surface area contributed by atoms with Gasteiger partial charge in [0.05, 0.1) is 27.2 Å². The van der Waals surface area contributed by atoms with E-state index in [9.17, 15) is 13.5 Å². The van der Waals surface area contributed by atoms with Crippen molar-refractivity contribution in [3.63, 3.8) is 0 Å². The Balaban J connectivity index is 2.74. The van der Waals surface area contributed by atoms with Crippen LogP contribution in [-0.2, 0) is 15.6 Å². The quantitative estimate of drug-likeness (QED) is 0.909. The van der Waals surface area contributed by atoms with Crippen molar-refractivity contribution in [2.45, 2.75) is 31.6 Å². The molecule has 0 fully saturated rings. The van der Waals surface area contributed by atoms with Gasteiger partial charge in [-0.15, -0.1) is 0 Å². The molecule has 0 aliphatic heterocycles. The van der Waals surface area contributed by atoms with E-state index in [4.69, 9.17) is 23.2 Å². The Morgan fingerprint density at radius 2 is 1.83 bits per heavy atom. The van der Waals surface area contributed by atoms with Crippen molar-refractivity contribution in [1.29, 1.82) is 0 Å². The van der Waals surface area contributed by atoms with E-state index in [0.717, 1.165) is 0 Å². The van der Waals surface area contributed by atoms with Crippen LogP contribution in [0.15, 0.2) is 18.2 Å². The van der Waals surface area contributed by atoms with Gasteiger partial charge >= 0.3 is 0 Å². The predicted octanol–water partition coefficient (Wildman–Crippen LogP) is 3.07. The summed E-state index contributed by atoms with van der Waals surface area (Å²) < 4.78 is 23.7. The molecule has 18 heavy (non-hydrogen) atoms. The molecule has 0 aliphatic carbocycles. The lowest BCUT2D eigenvalue weighted by atomic mass is 10.1. The zero-order chi connectivity index (χ0) is 14.0. The molecule has 1 rings (SSSR count). The van der Waals surface area contributed by atoms with E-state index in [1.807, 2.05) is 0 Å². The fourth-order valence-corrected chi connectivity index (χ4v) is 3.32. The Bertz CT molecular complexity index is 519. The van der Waals surface area contributed by atoms with Crippen molar-refractivity contribution in [3.05, 3.63) is 33.8 Å². The first-order valence-electron chi connectivity index (χ1n) is 5.46. The molecule has 6 heteroatoms. The highest BCUT2D eigenvalue weighted by Gasteiger charge is 2.19. The van der Waals surface area contributed by atoms with Gasteiger partial charge < -0.3 is 5.11 Å². The second-order valence-corrected chi connectivity index (χ2v) is 7.90. The monoisotopic (exact) mass is 310 g/mol. The minimum atomic E-state index is -3.26. The SMILES string of the molecule is CC(C)(O)CCS(=O)(=O)Cc1ccc(Cl)c(Cl)c1. The summed E-state index contributed by atoms with van der Waals surface area (Å²) in [6.07, 6.45) is 0.205. The summed E-state index contributed by atoms with van der Waals surface area (Å²) in [6.45, 7) is 3.17. The van der Waals surface area contributed by atoms with E-state index in [0.29, 0.717) is 15.6 Å². The number of hydrogen-bond acceptors (Lipinski definition) is 3. The summed E-state index contributed by atoms with van der Waals surface area (Å²) in [5.74, 6) is -0.156. The van der Waals surface area contributed by atoms with Crippen molar-refractivity contribution in [2.24, 2.45) is 0 Å². The van der Waals surface area contributed by atoms with E-state index in [-0.39, 0.29) is 17.9 Å². The van der Waals surface area contributed by atoms with Crippen LogP contribution in [0.5, 0.6) is 0 Å². The third-order valence-corrected chi connectivity index (χ3v) is 4.73. The van der Waals surface area contributed by atoms with E-state index in [1.54, 1.807) is 32.0 Å². The average Bonchev–Trinajstić information content (AvgIpc) is 2.20. The zero-order valence-electron chi connectivity index (χ0n) is 10.3. The Labute approximate surface area is 118 Å². The summed E-state index contributed by atoms with van der Waals surface area (Å²) >= 11 is 11.6. The van der Waals surface area contributed by atoms with Gasteiger partial charge in [-0.3, -0.25) is 0 Å². The third kappa shape index (κ3) is 5.57. The van der Waals surface area contributed by atoms with Crippen LogP contribution in [0.2, 0.25) is 10.0 Å². The van der Waals surface area contributed by atoms with E-state index < -0.39 is 15.4 Å². The number of rotatable bonds is 5. The Morgan fingerprint density at radius 3 is 2.33 bits per heavy atom. The fraction of sp³-hybridized carbons (Fsp3) is 0.500. The number of hydrogen-bond donors (Lipinski definition) is 1. The van der Waals surface area contributed by atoms with E-state index in [1.165, 1.54) is 0 Å². The summed E-state index contributed by atoms with van der Waals surface area (Å²) in [5, 5.41) is 10.3. The number of benzene rings is 1. The summed E-state index contributed by atoms with van der Waals surface area (Å²) in [7, 11) is -3.26. The summed E-state index contributed by atoms with van der Waals surface area (Å²) in [6, 6.07) is 4.76. The van der Waals surface area contributed by atoms with Gasteiger partial charge in [0.1, 0.15) is 0 Å². The minimum absolute atomic E-state index is 0.0588. The largest absolute Gasteiger partial charge is 0.390 e. The summed E-state index contributed by atoms with van der Waals surface area (Å²) in [5.41, 5.74) is -0.384. The maximum absolute atomic E-state index is 11.9. The van der Waals surface area contributed by atoms with Gasteiger partial charge in [0.15, 0.2) is 9.84 Å². The highest BCUT2D eigenvalue weighted by Crippen LogP contribution is 2.24.